The number of ether oxygens (including phenoxy) is 1. The molecule has 102 valence electrons. The average molecular weight is 261 g/mol. The van der Waals surface area contributed by atoms with E-state index in [1.807, 2.05) is 32.0 Å². The van der Waals surface area contributed by atoms with Crippen LogP contribution in [0.2, 0.25) is 0 Å². The molecule has 0 spiro atoms. The highest BCUT2D eigenvalue weighted by atomic mass is 16.5. The van der Waals surface area contributed by atoms with Crippen LogP contribution in [0, 0.1) is 13.8 Å². The number of nitrogens with zero attached hydrogens (tertiary/aromatic N) is 2. The Labute approximate surface area is 113 Å². The fourth-order valence-corrected chi connectivity index (χ4v) is 2.48. The van der Waals surface area contributed by atoms with Gasteiger partial charge in [-0.2, -0.15) is 4.99 Å². The zero-order chi connectivity index (χ0) is 14.0. The van der Waals surface area contributed by atoms with E-state index in [-0.39, 0.29) is 12.1 Å². The Morgan fingerprint density at radius 2 is 2.00 bits per heavy atom. The van der Waals surface area contributed by atoms with Crippen molar-refractivity contribution in [3.05, 3.63) is 34.9 Å². The summed E-state index contributed by atoms with van der Waals surface area (Å²) in [6, 6.07) is 5.48. The molecule has 5 nitrogen and oxygen atoms in total. The maximum absolute atomic E-state index is 11.9. The van der Waals surface area contributed by atoms with Gasteiger partial charge in [0.1, 0.15) is 11.9 Å². The highest BCUT2D eigenvalue weighted by Crippen LogP contribution is 2.31. The lowest BCUT2D eigenvalue weighted by atomic mass is 9.95. The molecular weight excluding hydrogens is 242 g/mol. The minimum Gasteiger partial charge on any atom is -0.385 e. The predicted octanol–water partition coefficient (Wildman–Crippen LogP) is 1.78. The molecule has 1 aromatic carbocycles. The van der Waals surface area contributed by atoms with E-state index in [0.29, 0.717) is 19.0 Å². The Bertz CT molecular complexity index is 505. The Morgan fingerprint density at radius 1 is 1.37 bits per heavy atom. The number of amidine groups is 1. The number of hydrogen-bond donors (Lipinski definition) is 1. The summed E-state index contributed by atoms with van der Waals surface area (Å²) in [7, 11) is 1.61. The number of nitrogens with two attached hydrogens (primary N) is 1. The summed E-state index contributed by atoms with van der Waals surface area (Å²) < 4.78 is 5.05. The lowest BCUT2D eigenvalue weighted by molar-refractivity contribution is 0.150. The summed E-state index contributed by atoms with van der Waals surface area (Å²) in [5, 5.41) is 0. The number of hydrogen-bond acceptors (Lipinski definition) is 3. The number of rotatable bonds is 4. The van der Waals surface area contributed by atoms with Gasteiger partial charge < -0.3 is 15.4 Å². The van der Waals surface area contributed by atoms with Gasteiger partial charge >= 0.3 is 6.03 Å². The van der Waals surface area contributed by atoms with Gasteiger partial charge in [0.2, 0.25) is 0 Å². The number of urea groups is 1. The van der Waals surface area contributed by atoms with Crippen molar-refractivity contribution < 1.29 is 9.53 Å². The maximum atomic E-state index is 11.9. The third-order valence-corrected chi connectivity index (χ3v) is 3.41. The lowest BCUT2D eigenvalue weighted by Crippen LogP contribution is -2.36. The second-order valence-corrected chi connectivity index (χ2v) is 4.71. The number of carbonyl (C=O) groups is 1. The normalized spacial score (nSPS) is 18.9. The van der Waals surface area contributed by atoms with E-state index < -0.39 is 0 Å². The summed E-state index contributed by atoms with van der Waals surface area (Å²) in [6.07, 6.45) is 0. The topological polar surface area (TPSA) is 67.9 Å². The number of amides is 2. The molecule has 0 radical (unpaired) electrons. The van der Waals surface area contributed by atoms with E-state index in [4.69, 9.17) is 10.5 Å². The highest BCUT2D eigenvalue weighted by molar-refractivity contribution is 6.03. The largest absolute Gasteiger partial charge is 0.385 e. The number of aliphatic imine (C=N–C) groups is 1. The second kappa shape index (κ2) is 5.40. The molecule has 1 heterocycles. The third kappa shape index (κ3) is 2.46. The molecular formula is C14H19N3O2. The Balaban J connectivity index is 2.40. The molecule has 2 amide bonds. The van der Waals surface area contributed by atoms with Crippen LogP contribution in [-0.2, 0) is 4.74 Å². The van der Waals surface area contributed by atoms with E-state index >= 15 is 0 Å². The van der Waals surface area contributed by atoms with E-state index in [0.717, 1.165) is 16.7 Å². The van der Waals surface area contributed by atoms with Crippen molar-refractivity contribution in [1.29, 1.82) is 0 Å². The Kier molecular flexibility index (Phi) is 3.85. The highest BCUT2D eigenvalue weighted by Gasteiger charge is 2.35. The number of carbonyl (C=O) groups excluding carboxylic acids is 1. The summed E-state index contributed by atoms with van der Waals surface area (Å²) in [6.45, 7) is 4.99. The third-order valence-electron chi connectivity index (χ3n) is 3.41. The molecule has 1 atom stereocenters. The molecule has 0 bridgehead atoms. The zero-order valence-electron chi connectivity index (χ0n) is 11.5. The molecule has 1 aliphatic heterocycles. The fraction of sp³-hybridized carbons (Fsp3) is 0.429. The standard InChI is InChI=1S/C14H19N3O2/c1-9-5-4-6-10(2)11(9)12-13(15)16-14(18)17(12)7-8-19-3/h4-6,12H,7-8H2,1-3H3,(H2,15,16,18). The first-order valence-electron chi connectivity index (χ1n) is 6.26. The molecule has 1 unspecified atom stereocenters. The van der Waals surface area contributed by atoms with Crippen LogP contribution in [0.5, 0.6) is 0 Å². The summed E-state index contributed by atoms with van der Waals surface area (Å²) in [5.74, 6) is 0.360. The molecule has 0 fully saturated rings. The molecule has 1 aliphatic rings. The van der Waals surface area contributed by atoms with Gasteiger partial charge in [0.05, 0.1) is 6.61 Å². The monoisotopic (exact) mass is 261 g/mol. The number of methoxy groups -OCH3 is 1. The summed E-state index contributed by atoms with van der Waals surface area (Å²) in [4.78, 5) is 17.4. The van der Waals surface area contributed by atoms with Crippen molar-refractivity contribution in [2.24, 2.45) is 10.7 Å². The smallest absolute Gasteiger partial charge is 0.346 e. The van der Waals surface area contributed by atoms with Crippen molar-refractivity contribution in [2.45, 2.75) is 19.9 Å². The van der Waals surface area contributed by atoms with Gasteiger partial charge in [-0.3, -0.25) is 0 Å². The molecule has 0 saturated heterocycles. The van der Waals surface area contributed by atoms with E-state index in [9.17, 15) is 4.79 Å². The van der Waals surface area contributed by atoms with E-state index in [1.165, 1.54) is 0 Å². The van der Waals surface area contributed by atoms with Crippen LogP contribution in [-0.4, -0.2) is 37.0 Å². The van der Waals surface area contributed by atoms with Crippen LogP contribution >= 0.6 is 0 Å². The lowest BCUT2D eigenvalue weighted by Gasteiger charge is -2.26. The van der Waals surface area contributed by atoms with Crippen molar-refractivity contribution in [3.63, 3.8) is 0 Å². The molecule has 0 aromatic heterocycles. The summed E-state index contributed by atoms with van der Waals surface area (Å²) >= 11 is 0. The van der Waals surface area contributed by atoms with Crippen LogP contribution in [0.3, 0.4) is 0 Å². The SMILES string of the molecule is COCCN1C(=O)N=C(N)C1c1c(C)cccc1C. The van der Waals surface area contributed by atoms with E-state index in [1.54, 1.807) is 12.0 Å². The van der Waals surface area contributed by atoms with Crippen molar-refractivity contribution >= 4 is 11.9 Å². The van der Waals surface area contributed by atoms with E-state index in [2.05, 4.69) is 4.99 Å². The average Bonchev–Trinajstić information content (AvgIpc) is 2.62. The molecule has 19 heavy (non-hydrogen) atoms. The Morgan fingerprint density at radius 3 is 2.58 bits per heavy atom. The van der Waals surface area contributed by atoms with Crippen molar-refractivity contribution in [1.82, 2.24) is 4.90 Å². The van der Waals surface area contributed by atoms with Gasteiger partial charge in [-0.05, 0) is 30.5 Å². The maximum Gasteiger partial charge on any atom is 0.346 e. The first kappa shape index (κ1) is 13.5. The van der Waals surface area contributed by atoms with Gasteiger partial charge in [0.25, 0.3) is 0 Å². The van der Waals surface area contributed by atoms with Crippen LogP contribution < -0.4 is 5.73 Å². The van der Waals surface area contributed by atoms with Crippen LogP contribution in [0.25, 0.3) is 0 Å². The van der Waals surface area contributed by atoms with Crippen molar-refractivity contribution in [2.75, 3.05) is 20.3 Å². The molecule has 0 saturated carbocycles. The molecule has 0 aliphatic carbocycles. The number of aryl methyl sites for hydroxylation is 2. The van der Waals surface area contributed by atoms with Crippen LogP contribution in [0.15, 0.2) is 23.2 Å². The van der Waals surface area contributed by atoms with Gasteiger partial charge in [-0.25, -0.2) is 4.79 Å². The first-order valence-corrected chi connectivity index (χ1v) is 6.26. The minimum absolute atomic E-state index is 0.274. The Hall–Kier alpha value is -1.88. The van der Waals surface area contributed by atoms with Crippen molar-refractivity contribution in [3.8, 4) is 0 Å². The summed E-state index contributed by atoms with van der Waals surface area (Å²) in [5.41, 5.74) is 9.23. The van der Waals surface area contributed by atoms with Gasteiger partial charge in [-0.15, -0.1) is 0 Å². The molecule has 2 rings (SSSR count). The molecule has 5 heteroatoms. The van der Waals surface area contributed by atoms with Gasteiger partial charge in [0.15, 0.2) is 0 Å². The minimum atomic E-state index is -0.290. The van der Waals surface area contributed by atoms with Crippen LogP contribution in [0.4, 0.5) is 4.79 Å². The first-order chi connectivity index (χ1) is 9.06. The number of benzene rings is 1. The van der Waals surface area contributed by atoms with Gasteiger partial charge in [-0.1, -0.05) is 18.2 Å². The van der Waals surface area contributed by atoms with Crippen LogP contribution in [0.1, 0.15) is 22.7 Å². The fourth-order valence-electron chi connectivity index (χ4n) is 2.48. The zero-order valence-corrected chi connectivity index (χ0v) is 11.5. The van der Waals surface area contributed by atoms with Gasteiger partial charge in [0, 0.05) is 13.7 Å². The predicted molar refractivity (Wildman–Crippen MR) is 74.3 cm³/mol. The molecule has 2 N–H and O–H groups in total. The quantitative estimate of drug-likeness (QED) is 0.898. The molecule has 1 aromatic rings. The second-order valence-electron chi connectivity index (χ2n) is 4.71.